The maximum absolute atomic E-state index is 4.61. The van der Waals surface area contributed by atoms with E-state index in [2.05, 4.69) is 35.7 Å². The van der Waals surface area contributed by atoms with E-state index in [1.54, 1.807) is 0 Å². The summed E-state index contributed by atoms with van der Waals surface area (Å²) in [6.07, 6.45) is 6.55. The van der Waals surface area contributed by atoms with Gasteiger partial charge in [-0.15, -0.1) is 6.58 Å². The van der Waals surface area contributed by atoms with Crippen LogP contribution in [-0.2, 0) is 6.42 Å². The summed E-state index contributed by atoms with van der Waals surface area (Å²) >= 11 is 0. The van der Waals surface area contributed by atoms with E-state index in [9.17, 15) is 0 Å². The third kappa shape index (κ3) is 2.74. The molecule has 0 saturated carbocycles. The maximum atomic E-state index is 4.61. The number of nitrogens with zero attached hydrogens (tertiary/aromatic N) is 2. The molecule has 0 spiro atoms. The van der Waals surface area contributed by atoms with E-state index >= 15 is 0 Å². The fraction of sp³-hybridized carbons (Fsp3) is 0.200. The minimum Gasteiger partial charge on any atom is -0.255 e. The van der Waals surface area contributed by atoms with Crippen molar-refractivity contribution in [2.24, 2.45) is 0 Å². The zero-order valence-electron chi connectivity index (χ0n) is 10.9. The lowest BCUT2D eigenvalue weighted by molar-refractivity contribution is 1.19. The van der Waals surface area contributed by atoms with Gasteiger partial charge in [0.15, 0.2) is 0 Å². The predicted molar refractivity (Wildman–Crippen MR) is 79.9 cm³/mol. The van der Waals surface area contributed by atoms with Gasteiger partial charge in [-0.25, -0.2) is 0 Å². The standard InChI is InChI=1S/C15H18N2Si/c1-4-7-12-10-14(18(2)3)15(17-11-12)13-8-5-6-9-16-13/h4-6,8-11,18H,1,7H2,2-3H3. The average Bonchev–Trinajstić information content (AvgIpc) is 2.40. The van der Waals surface area contributed by atoms with Crippen LogP contribution in [0.3, 0.4) is 0 Å². The SMILES string of the molecule is C=CCc1cnc(-c2ccccn2)c([SiH](C)C)c1. The predicted octanol–water partition coefficient (Wildman–Crippen LogP) is 2.57. The highest BCUT2D eigenvalue weighted by Gasteiger charge is 2.12. The molecule has 18 heavy (non-hydrogen) atoms. The molecule has 92 valence electrons. The quantitative estimate of drug-likeness (QED) is 0.619. The molecule has 0 amide bonds. The summed E-state index contributed by atoms with van der Waals surface area (Å²) in [5.41, 5.74) is 3.25. The number of pyridine rings is 2. The molecular weight excluding hydrogens is 236 g/mol. The Morgan fingerprint density at radius 1 is 1.28 bits per heavy atom. The molecule has 2 rings (SSSR count). The second kappa shape index (κ2) is 5.73. The van der Waals surface area contributed by atoms with Crippen molar-refractivity contribution < 1.29 is 0 Å². The zero-order valence-corrected chi connectivity index (χ0v) is 12.1. The summed E-state index contributed by atoms with van der Waals surface area (Å²) in [5.74, 6) is 0. The van der Waals surface area contributed by atoms with Gasteiger partial charge in [0, 0.05) is 12.4 Å². The molecule has 2 nitrogen and oxygen atoms in total. The molecule has 0 aliphatic rings. The van der Waals surface area contributed by atoms with Crippen LogP contribution in [0.1, 0.15) is 5.56 Å². The van der Waals surface area contributed by atoms with Gasteiger partial charge in [-0.1, -0.05) is 31.3 Å². The van der Waals surface area contributed by atoms with Gasteiger partial charge in [-0.3, -0.25) is 9.97 Å². The number of hydrogen-bond acceptors (Lipinski definition) is 2. The Morgan fingerprint density at radius 3 is 2.72 bits per heavy atom. The van der Waals surface area contributed by atoms with E-state index in [0.29, 0.717) is 0 Å². The summed E-state index contributed by atoms with van der Waals surface area (Å²) in [5, 5.41) is 1.38. The fourth-order valence-electron chi connectivity index (χ4n) is 1.96. The third-order valence-corrected chi connectivity index (χ3v) is 4.57. The van der Waals surface area contributed by atoms with Crippen LogP contribution in [0, 0.1) is 0 Å². The second-order valence-electron chi connectivity index (χ2n) is 4.64. The normalized spacial score (nSPS) is 10.6. The molecule has 3 heteroatoms. The van der Waals surface area contributed by atoms with Crippen molar-refractivity contribution in [3.8, 4) is 11.4 Å². The Bertz CT molecular complexity index is 535. The molecule has 2 heterocycles. The largest absolute Gasteiger partial charge is 0.255 e. The summed E-state index contributed by atoms with van der Waals surface area (Å²) in [4.78, 5) is 9.02. The van der Waals surface area contributed by atoms with Crippen molar-refractivity contribution >= 4 is 14.0 Å². The smallest absolute Gasteiger partial charge is 0.0884 e. The Kier molecular flexibility index (Phi) is 4.05. The van der Waals surface area contributed by atoms with E-state index in [-0.39, 0.29) is 0 Å². The molecule has 0 aromatic carbocycles. The molecule has 0 bridgehead atoms. The number of aromatic nitrogens is 2. The van der Waals surface area contributed by atoms with E-state index in [1.165, 1.54) is 10.8 Å². The highest BCUT2D eigenvalue weighted by Crippen LogP contribution is 2.13. The maximum Gasteiger partial charge on any atom is 0.0884 e. The lowest BCUT2D eigenvalue weighted by atomic mass is 10.1. The van der Waals surface area contributed by atoms with Crippen LogP contribution in [0.15, 0.2) is 49.3 Å². The van der Waals surface area contributed by atoms with Crippen molar-refractivity contribution in [1.82, 2.24) is 9.97 Å². The summed E-state index contributed by atoms with van der Waals surface area (Å²) in [6, 6.07) is 8.24. The Balaban J connectivity index is 2.50. The average molecular weight is 254 g/mol. The van der Waals surface area contributed by atoms with Gasteiger partial charge < -0.3 is 0 Å². The van der Waals surface area contributed by atoms with Crippen LogP contribution in [0.2, 0.25) is 13.1 Å². The molecule has 0 fully saturated rings. The lowest BCUT2D eigenvalue weighted by Gasteiger charge is -2.12. The van der Waals surface area contributed by atoms with Crippen molar-refractivity contribution in [1.29, 1.82) is 0 Å². The van der Waals surface area contributed by atoms with Gasteiger partial charge in [0.25, 0.3) is 0 Å². The van der Waals surface area contributed by atoms with Gasteiger partial charge in [-0.2, -0.15) is 0 Å². The van der Waals surface area contributed by atoms with Gasteiger partial charge in [0.1, 0.15) is 0 Å². The molecule has 0 unspecified atom stereocenters. The molecule has 0 atom stereocenters. The zero-order chi connectivity index (χ0) is 13.0. The molecule has 0 saturated heterocycles. The van der Waals surface area contributed by atoms with E-state index < -0.39 is 8.80 Å². The molecule has 0 aliphatic heterocycles. The first-order valence-corrected chi connectivity index (χ1v) is 9.12. The van der Waals surface area contributed by atoms with Crippen molar-refractivity contribution in [3.05, 3.63) is 54.9 Å². The van der Waals surface area contributed by atoms with Gasteiger partial charge in [0.05, 0.1) is 20.2 Å². The van der Waals surface area contributed by atoms with Crippen LogP contribution in [0.5, 0.6) is 0 Å². The van der Waals surface area contributed by atoms with Gasteiger partial charge in [0.2, 0.25) is 0 Å². The lowest BCUT2D eigenvalue weighted by Crippen LogP contribution is -2.26. The second-order valence-corrected chi connectivity index (χ2v) is 7.58. The van der Waals surface area contributed by atoms with E-state index in [4.69, 9.17) is 0 Å². The fourth-order valence-corrected chi connectivity index (χ4v) is 3.28. The minimum atomic E-state index is -0.928. The van der Waals surface area contributed by atoms with Crippen LogP contribution in [-0.4, -0.2) is 18.8 Å². The topological polar surface area (TPSA) is 25.8 Å². The van der Waals surface area contributed by atoms with Crippen LogP contribution >= 0.6 is 0 Å². The van der Waals surface area contributed by atoms with Crippen LogP contribution in [0.4, 0.5) is 0 Å². The third-order valence-electron chi connectivity index (χ3n) is 2.88. The summed E-state index contributed by atoms with van der Waals surface area (Å²) in [7, 11) is -0.928. The first-order valence-electron chi connectivity index (χ1n) is 6.23. The highest BCUT2D eigenvalue weighted by atomic mass is 28.3. The summed E-state index contributed by atoms with van der Waals surface area (Å²) < 4.78 is 0. The van der Waals surface area contributed by atoms with E-state index in [0.717, 1.165) is 17.8 Å². The van der Waals surface area contributed by atoms with Crippen molar-refractivity contribution in [3.63, 3.8) is 0 Å². The first kappa shape index (κ1) is 12.7. The molecular formula is C15H18N2Si. The number of hydrogen-bond donors (Lipinski definition) is 0. The molecule has 0 radical (unpaired) electrons. The molecule has 2 aromatic rings. The Labute approximate surface area is 110 Å². The first-order chi connectivity index (χ1) is 8.72. The van der Waals surface area contributed by atoms with E-state index in [1.807, 2.05) is 36.7 Å². The van der Waals surface area contributed by atoms with Crippen molar-refractivity contribution in [2.45, 2.75) is 19.5 Å². The highest BCUT2D eigenvalue weighted by molar-refractivity contribution is 6.72. The minimum absolute atomic E-state index is 0.879. The van der Waals surface area contributed by atoms with Crippen LogP contribution in [0.25, 0.3) is 11.4 Å². The molecule has 0 N–H and O–H groups in total. The number of rotatable bonds is 4. The summed E-state index contributed by atoms with van der Waals surface area (Å²) in [6.45, 7) is 8.42. The Hall–Kier alpha value is -1.74. The molecule has 0 aliphatic carbocycles. The Morgan fingerprint density at radius 2 is 2.11 bits per heavy atom. The molecule has 2 aromatic heterocycles. The van der Waals surface area contributed by atoms with Crippen LogP contribution < -0.4 is 5.19 Å². The van der Waals surface area contributed by atoms with Crippen molar-refractivity contribution in [2.75, 3.05) is 0 Å². The number of allylic oxidation sites excluding steroid dienone is 1. The van der Waals surface area contributed by atoms with Gasteiger partial charge in [-0.05, 0) is 29.3 Å². The monoisotopic (exact) mass is 254 g/mol. The van der Waals surface area contributed by atoms with Gasteiger partial charge >= 0.3 is 0 Å².